The second-order valence-electron chi connectivity index (χ2n) is 4.87. The molecule has 0 spiro atoms. The first kappa shape index (κ1) is 12.8. The fourth-order valence-electron chi connectivity index (χ4n) is 2.40. The second-order valence-corrected chi connectivity index (χ2v) is 4.87. The summed E-state index contributed by atoms with van der Waals surface area (Å²) < 4.78 is 5.36. The van der Waals surface area contributed by atoms with Crippen LogP contribution < -0.4 is 0 Å². The van der Waals surface area contributed by atoms with Crippen LogP contribution >= 0.6 is 0 Å². The summed E-state index contributed by atoms with van der Waals surface area (Å²) in [6.07, 6.45) is 2.53. The Morgan fingerprint density at radius 1 is 1.22 bits per heavy atom. The molecular weight excluding hydrogens is 228 g/mol. The highest BCUT2D eigenvalue weighted by Crippen LogP contribution is 2.21. The Morgan fingerprint density at radius 2 is 1.89 bits per heavy atom. The zero-order chi connectivity index (χ0) is 13.1. The largest absolute Gasteiger partial charge is 0.451 e. The standard InChI is InChI=1S/C15H18O3/c1-10-6-5-7-11(2)14(10)15(17)18-13-9-4-3-8-12(13)16/h5-7,13H,3-4,8-9H2,1-2H3/t13-/m1/s1. The van der Waals surface area contributed by atoms with Crippen LogP contribution in [-0.2, 0) is 9.53 Å². The maximum absolute atomic E-state index is 12.1. The minimum Gasteiger partial charge on any atom is -0.451 e. The molecule has 0 aliphatic heterocycles. The Balaban J connectivity index is 2.14. The lowest BCUT2D eigenvalue weighted by molar-refractivity contribution is -0.129. The van der Waals surface area contributed by atoms with Crippen LogP contribution in [0.3, 0.4) is 0 Å². The summed E-state index contributed by atoms with van der Waals surface area (Å²) in [4.78, 5) is 23.8. The summed E-state index contributed by atoms with van der Waals surface area (Å²) in [5, 5.41) is 0. The normalized spacial score (nSPS) is 19.7. The Morgan fingerprint density at radius 3 is 2.50 bits per heavy atom. The van der Waals surface area contributed by atoms with Gasteiger partial charge in [-0.2, -0.15) is 0 Å². The third-order valence-electron chi connectivity index (χ3n) is 3.43. The lowest BCUT2D eigenvalue weighted by Gasteiger charge is -2.21. The van der Waals surface area contributed by atoms with Crippen LogP contribution in [0, 0.1) is 13.8 Å². The number of rotatable bonds is 2. The highest BCUT2D eigenvalue weighted by atomic mass is 16.5. The molecule has 0 unspecified atom stereocenters. The summed E-state index contributed by atoms with van der Waals surface area (Å²) in [6.45, 7) is 3.76. The molecule has 0 aromatic heterocycles. The maximum atomic E-state index is 12.1. The van der Waals surface area contributed by atoms with Crippen LogP contribution in [0.1, 0.15) is 47.2 Å². The minimum atomic E-state index is -0.537. The summed E-state index contributed by atoms with van der Waals surface area (Å²) in [5.74, 6) is -0.313. The molecule has 1 atom stereocenters. The molecule has 0 amide bonds. The molecule has 1 aliphatic rings. The van der Waals surface area contributed by atoms with Gasteiger partial charge in [-0.1, -0.05) is 18.2 Å². The molecule has 0 N–H and O–H groups in total. The topological polar surface area (TPSA) is 43.4 Å². The van der Waals surface area contributed by atoms with Crippen molar-refractivity contribution < 1.29 is 14.3 Å². The van der Waals surface area contributed by atoms with E-state index in [1.165, 1.54) is 0 Å². The number of esters is 1. The molecule has 0 heterocycles. The van der Waals surface area contributed by atoms with Gasteiger partial charge in [0.05, 0.1) is 5.56 Å². The van der Waals surface area contributed by atoms with Crippen LogP contribution in [0.2, 0.25) is 0 Å². The predicted octanol–water partition coefficient (Wildman–Crippen LogP) is 2.97. The van der Waals surface area contributed by atoms with Gasteiger partial charge in [-0.15, -0.1) is 0 Å². The summed E-state index contributed by atoms with van der Waals surface area (Å²) >= 11 is 0. The molecule has 1 aromatic carbocycles. The first-order chi connectivity index (χ1) is 8.59. The Bertz CT molecular complexity index is 456. The Kier molecular flexibility index (Phi) is 3.80. The predicted molar refractivity (Wildman–Crippen MR) is 68.6 cm³/mol. The van der Waals surface area contributed by atoms with E-state index < -0.39 is 6.10 Å². The van der Waals surface area contributed by atoms with E-state index in [9.17, 15) is 9.59 Å². The van der Waals surface area contributed by atoms with Gasteiger partial charge in [0.2, 0.25) is 0 Å². The quantitative estimate of drug-likeness (QED) is 0.753. The SMILES string of the molecule is Cc1cccc(C)c1C(=O)O[C@@H]1CCCCC1=O. The number of aryl methyl sites for hydroxylation is 2. The first-order valence-corrected chi connectivity index (χ1v) is 6.39. The Hall–Kier alpha value is -1.64. The van der Waals surface area contributed by atoms with Crippen molar-refractivity contribution in [3.8, 4) is 0 Å². The first-order valence-electron chi connectivity index (χ1n) is 6.39. The van der Waals surface area contributed by atoms with Gasteiger partial charge in [0.15, 0.2) is 11.9 Å². The van der Waals surface area contributed by atoms with E-state index in [-0.39, 0.29) is 11.8 Å². The van der Waals surface area contributed by atoms with E-state index >= 15 is 0 Å². The van der Waals surface area contributed by atoms with E-state index in [1.54, 1.807) is 0 Å². The van der Waals surface area contributed by atoms with E-state index in [0.717, 1.165) is 24.0 Å². The molecule has 1 aliphatic carbocycles. The van der Waals surface area contributed by atoms with Gasteiger partial charge in [0.25, 0.3) is 0 Å². The number of benzene rings is 1. The van der Waals surface area contributed by atoms with E-state index in [1.807, 2.05) is 32.0 Å². The van der Waals surface area contributed by atoms with Gasteiger partial charge in [0, 0.05) is 6.42 Å². The second kappa shape index (κ2) is 5.34. The summed E-state index contributed by atoms with van der Waals surface area (Å²) in [5.41, 5.74) is 2.38. The van der Waals surface area contributed by atoms with Gasteiger partial charge in [0.1, 0.15) is 0 Å². The average Bonchev–Trinajstić information content (AvgIpc) is 2.32. The monoisotopic (exact) mass is 246 g/mol. The van der Waals surface area contributed by atoms with Gasteiger partial charge in [-0.3, -0.25) is 4.79 Å². The van der Waals surface area contributed by atoms with Gasteiger partial charge >= 0.3 is 5.97 Å². The van der Waals surface area contributed by atoms with Crippen molar-refractivity contribution in [2.24, 2.45) is 0 Å². The Labute approximate surface area is 107 Å². The van der Waals surface area contributed by atoms with E-state index in [0.29, 0.717) is 18.4 Å². The molecule has 18 heavy (non-hydrogen) atoms. The number of hydrogen-bond donors (Lipinski definition) is 0. The van der Waals surface area contributed by atoms with Gasteiger partial charge in [-0.05, 0) is 44.2 Å². The molecular formula is C15H18O3. The van der Waals surface area contributed by atoms with Crippen LogP contribution in [0.5, 0.6) is 0 Å². The molecule has 0 bridgehead atoms. The van der Waals surface area contributed by atoms with Crippen molar-refractivity contribution in [1.29, 1.82) is 0 Å². The highest BCUT2D eigenvalue weighted by Gasteiger charge is 2.27. The highest BCUT2D eigenvalue weighted by molar-refractivity contribution is 5.95. The lowest BCUT2D eigenvalue weighted by atomic mass is 9.96. The number of ether oxygens (including phenoxy) is 1. The lowest BCUT2D eigenvalue weighted by Crippen LogP contribution is -2.30. The van der Waals surface area contributed by atoms with E-state index in [4.69, 9.17) is 4.74 Å². The molecule has 2 rings (SSSR count). The molecule has 0 saturated heterocycles. The fourth-order valence-corrected chi connectivity index (χ4v) is 2.40. The molecule has 0 radical (unpaired) electrons. The van der Waals surface area contributed by atoms with Crippen LogP contribution in [0.4, 0.5) is 0 Å². The zero-order valence-electron chi connectivity index (χ0n) is 10.9. The third kappa shape index (κ3) is 2.61. The van der Waals surface area contributed by atoms with Crippen molar-refractivity contribution in [1.82, 2.24) is 0 Å². The average molecular weight is 246 g/mol. The van der Waals surface area contributed by atoms with Crippen molar-refractivity contribution in [2.75, 3.05) is 0 Å². The van der Waals surface area contributed by atoms with Crippen molar-refractivity contribution >= 4 is 11.8 Å². The number of carbonyl (C=O) groups is 2. The number of ketones is 1. The number of carbonyl (C=O) groups excluding carboxylic acids is 2. The molecule has 3 heteroatoms. The molecule has 1 saturated carbocycles. The number of Topliss-reactive ketones (excluding diaryl/α,β-unsaturated/α-hetero) is 1. The minimum absolute atomic E-state index is 0.0563. The summed E-state index contributed by atoms with van der Waals surface area (Å²) in [6, 6.07) is 5.67. The van der Waals surface area contributed by atoms with Crippen LogP contribution in [0.25, 0.3) is 0 Å². The van der Waals surface area contributed by atoms with Crippen LogP contribution in [0.15, 0.2) is 18.2 Å². The van der Waals surface area contributed by atoms with E-state index in [2.05, 4.69) is 0 Å². The van der Waals surface area contributed by atoms with Gasteiger partial charge in [-0.25, -0.2) is 4.79 Å². The fraction of sp³-hybridized carbons (Fsp3) is 0.467. The third-order valence-corrected chi connectivity index (χ3v) is 3.43. The molecule has 96 valence electrons. The summed E-state index contributed by atoms with van der Waals surface area (Å²) in [7, 11) is 0. The van der Waals surface area contributed by atoms with Crippen molar-refractivity contribution in [3.63, 3.8) is 0 Å². The van der Waals surface area contributed by atoms with Crippen molar-refractivity contribution in [2.45, 2.75) is 45.6 Å². The maximum Gasteiger partial charge on any atom is 0.339 e. The molecule has 1 fully saturated rings. The smallest absolute Gasteiger partial charge is 0.339 e. The van der Waals surface area contributed by atoms with Gasteiger partial charge < -0.3 is 4.74 Å². The van der Waals surface area contributed by atoms with Crippen LogP contribution in [-0.4, -0.2) is 17.9 Å². The number of hydrogen-bond acceptors (Lipinski definition) is 3. The molecule has 1 aromatic rings. The van der Waals surface area contributed by atoms with Crippen molar-refractivity contribution in [3.05, 3.63) is 34.9 Å². The zero-order valence-corrected chi connectivity index (χ0v) is 10.9. The molecule has 3 nitrogen and oxygen atoms in total.